The molecule has 0 fully saturated rings. The SMILES string of the molecule is Cc1nsc(Sc2nc[nH]c(=O)c2I)n1. The number of aromatic amines is 1. The summed E-state index contributed by atoms with van der Waals surface area (Å²) in [6.07, 6.45) is 1.39. The van der Waals surface area contributed by atoms with Gasteiger partial charge in [-0.1, -0.05) is 0 Å². The van der Waals surface area contributed by atoms with Gasteiger partial charge < -0.3 is 4.98 Å². The van der Waals surface area contributed by atoms with Crippen LogP contribution >= 0.6 is 45.9 Å². The molecule has 0 atom stereocenters. The predicted octanol–water partition coefficient (Wildman–Crippen LogP) is 1.69. The van der Waals surface area contributed by atoms with E-state index in [-0.39, 0.29) is 5.56 Å². The number of rotatable bonds is 2. The Morgan fingerprint density at radius 1 is 1.60 bits per heavy atom. The first-order valence-electron chi connectivity index (χ1n) is 3.88. The van der Waals surface area contributed by atoms with Crippen LogP contribution < -0.4 is 5.56 Å². The van der Waals surface area contributed by atoms with Gasteiger partial charge in [0.25, 0.3) is 5.56 Å². The van der Waals surface area contributed by atoms with Crippen LogP contribution in [-0.2, 0) is 0 Å². The monoisotopic (exact) mass is 352 g/mol. The highest BCUT2D eigenvalue weighted by Gasteiger charge is 2.09. The van der Waals surface area contributed by atoms with Gasteiger partial charge in [-0.05, 0) is 52.8 Å². The van der Waals surface area contributed by atoms with Gasteiger partial charge in [0.05, 0.1) is 6.33 Å². The zero-order chi connectivity index (χ0) is 10.8. The first-order valence-corrected chi connectivity index (χ1v) is 6.55. The van der Waals surface area contributed by atoms with E-state index in [1.54, 1.807) is 0 Å². The average Bonchev–Trinajstić information content (AvgIpc) is 2.59. The molecule has 78 valence electrons. The summed E-state index contributed by atoms with van der Waals surface area (Å²) >= 11 is 4.63. The lowest BCUT2D eigenvalue weighted by Crippen LogP contribution is -2.10. The lowest BCUT2D eigenvalue weighted by molar-refractivity contribution is 0.985. The van der Waals surface area contributed by atoms with Gasteiger partial charge in [0.2, 0.25) is 0 Å². The number of aryl methyl sites for hydroxylation is 1. The molecule has 0 spiro atoms. The maximum absolute atomic E-state index is 11.3. The summed E-state index contributed by atoms with van der Waals surface area (Å²) in [6.45, 7) is 1.83. The van der Waals surface area contributed by atoms with Crippen molar-refractivity contribution in [2.45, 2.75) is 16.3 Å². The van der Waals surface area contributed by atoms with Gasteiger partial charge in [0.15, 0.2) is 4.34 Å². The maximum atomic E-state index is 11.3. The summed E-state index contributed by atoms with van der Waals surface area (Å²) in [4.78, 5) is 22.1. The Kier molecular flexibility index (Phi) is 3.36. The highest BCUT2D eigenvalue weighted by atomic mass is 127. The molecule has 1 N–H and O–H groups in total. The van der Waals surface area contributed by atoms with Crippen LogP contribution in [-0.4, -0.2) is 19.3 Å². The number of hydrogen-bond donors (Lipinski definition) is 1. The summed E-state index contributed by atoms with van der Waals surface area (Å²) in [5, 5.41) is 0.663. The fourth-order valence-electron chi connectivity index (χ4n) is 0.840. The topological polar surface area (TPSA) is 71.5 Å². The Bertz CT molecular complexity index is 538. The second kappa shape index (κ2) is 4.58. The molecule has 8 heteroatoms. The third-order valence-corrected chi connectivity index (χ3v) is 4.67. The molecule has 0 bridgehead atoms. The molecule has 0 unspecified atom stereocenters. The molecular formula is C7H5IN4OS2. The zero-order valence-corrected chi connectivity index (χ0v) is 11.3. The minimum atomic E-state index is -0.130. The summed E-state index contributed by atoms with van der Waals surface area (Å²) in [5.41, 5.74) is -0.130. The lowest BCUT2D eigenvalue weighted by atomic mass is 10.7. The molecule has 15 heavy (non-hydrogen) atoms. The Hall–Kier alpha value is -0.480. The number of hydrogen-bond acceptors (Lipinski definition) is 6. The van der Waals surface area contributed by atoms with Crippen LogP contribution in [0.2, 0.25) is 0 Å². The molecule has 2 heterocycles. The Morgan fingerprint density at radius 3 is 3.07 bits per heavy atom. The van der Waals surface area contributed by atoms with Crippen molar-refractivity contribution in [3.63, 3.8) is 0 Å². The highest BCUT2D eigenvalue weighted by Crippen LogP contribution is 2.28. The lowest BCUT2D eigenvalue weighted by Gasteiger charge is -1.97. The molecule has 0 amide bonds. The van der Waals surface area contributed by atoms with E-state index in [2.05, 4.69) is 19.3 Å². The van der Waals surface area contributed by atoms with Crippen LogP contribution in [0.3, 0.4) is 0 Å². The average molecular weight is 352 g/mol. The molecule has 0 aliphatic rings. The number of nitrogens with one attached hydrogen (secondary N) is 1. The normalized spacial score (nSPS) is 10.5. The van der Waals surface area contributed by atoms with Gasteiger partial charge in [-0.15, -0.1) is 0 Å². The van der Waals surface area contributed by atoms with Gasteiger partial charge in [0, 0.05) is 0 Å². The predicted molar refractivity (Wildman–Crippen MR) is 66.3 cm³/mol. The fourth-order valence-corrected chi connectivity index (χ4v) is 3.02. The van der Waals surface area contributed by atoms with Crippen LogP contribution in [0.4, 0.5) is 0 Å². The van der Waals surface area contributed by atoms with Crippen molar-refractivity contribution in [3.8, 4) is 0 Å². The van der Waals surface area contributed by atoms with Gasteiger partial charge in [-0.3, -0.25) is 4.79 Å². The largest absolute Gasteiger partial charge is 0.312 e. The second-order valence-corrected chi connectivity index (χ2v) is 5.63. The molecule has 0 aliphatic heterocycles. The van der Waals surface area contributed by atoms with Gasteiger partial charge >= 0.3 is 0 Å². The smallest absolute Gasteiger partial charge is 0.265 e. The highest BCUT2D eigenvalue weighted by molar-refractivity contribution is 14.1. The maximum Gasteiger partial charge on any atom is 0.265 e. The van der Waals surface area contributed by atoms with E-state index >= 15 is 0 Å². The van der Waals surface area contributed by atoms with E-state index < -0.39 is 0 Å². The van der Waals surface area contributed by atoms with Crippen molar-refractivity contribution >= 4 is 45.9 Å². The van der Waals surface area contributed by atoms with E-state index in [1.165, 1.54) is 29.6 Å². The summed E-state index contributed by atoms with van der Waals surface area (Å²) in [5.74, 6) is 0.738. The van der Waals surface area contributed by atoms with Crippen molar-refractivity contribution in [2.24, 2.45) is 0 Å². The van der Waals surface area contributed by atoms with Crippen molar-refractivity contribution in [1.82, 2.24) is 19.3 Å². The van der Waals surface area contributed by atoms with Gasteiger partial charge in [-0.2, -0.15) is 4.37 Å². The van der Waals surface area contributed by atoms with E-state index in [1.807, 2.05) is 29.5 Å². The molecule has 5 nitrogen and oxygen atoms in total. The number of aromatic nitrogens is 4. The Balaban J connectivity index is 2.32. The molecule has 2 aromatic heterocycles. The molecule has 0 aliphatic carbocycles. The van der Waals surface area contributed by atoms with Crippen molar-refractivity contribution in [3.05, 3.63) is 26.1 Å². The van der Waals surface area contributed by atoms with Crippen LogP contribution in [0.25, 0.3) is 0 Å². The molecule has 2 aromatic rings. The van der Waals surface area contributed by atoms with Gasteiger partial charge in [0.1, 0.15) is 14.4 Å². The third-order valence-electron chi connectivity index (χ3n) is 1.46. The Morgan fingerprint density at radius 2 is 2.40 bits per heavy atom. The minimum Gasteiger partial charge on any atom is -0.312 e. The molecule has 0 radical (unpaired) electrons. The van der Waals surface area contributed by atoms with E-state index in [0.717, 1.165) is 10.2 Å². The van der Waals surface area contributed by atoms with Crippen LogP contribution in [0.1, 0.15) is 5.82 Å². The van der Waals surface area contributed by atoms with Crippen LogP contribution in [0, 0.1) is 10.5 Å². The van der Waals surface area contributed by atoms with Crippen LogP contribution in [0.15, 0.2) is 20.5 Å². The van der Waals surface area contributed by atoms with Crippen molar-refractivity contribution in [2.75, 3.05) is 0 Å². The summed E-state index contributed by atoms with van der Waals surface area (Å²) < 4.78 is 5.43. The number of nitrogens with zero attached hydrogens (tertiary/aromatic N) is 3. The first-order chi connectivity index (χ1) is 7.16. The van der Waals surface area contributed by atoms with E-state index in [9.17, 15) is 4.79 Å². The number of H-pyrrole nitrogens is 1. The number of halogens is 1. The standard InChI is InChI=1S/C7H5IN4OS2/c1-3-11-7(15-12-3)14-6-4(8)5(13)9-2-10-6/h2H,1H3,(H,9,10,13). The molecule has 0 saturated heterocycles. The van der Waals surface area contributed by atoms with Crippen molar-refractivity contribution < 1.29 is 0 Å². The van der Waals surface area contributed by atoms with Crippen LogP contribution in [0.5, 0.6) is 0 Å². The zero-order valence-electron chi connectivity index (χ0n) is 7.52. The fraction of sp³-hybridized carbons (Fsp3) is 0.143. The molecule has 0 saturated carbocycles. The third kappa shape index (κ3) is 2.55. The summed E-state index contributed by atoms with van der Waals surface area (Å²) in [7, 11) is 0. The first kappa shape index (κ1) is 11.0. The minimum absolute atomic E-state index is 0.130. The second-order valence-electron chi connectivity index (χ2n) is 2.56. The molecular weight excluding hydrogens is 347 g/mol. The molecule has 2 rings (SSSR count). The molecule has 0 aromatic carbocycles. The quantitative estimate of drug-likeness (QED) is 0.658. The van der Waals surface area contributed by atoms with E-state index in [4.69, 9.17) is 0 Å². The van der Waals surface area contributed by atoms with Crippen molar-refractivity contribution in [1.29, 1.82) is 0 Å². The van der Waals surface area contributed by atoms with Gasteiger partial charge in [-0.25, -0.2) is 9.97 Å². The Labute approximate surface area is 107 Å². The van der Waals surface area contributed by atoms with E-state index in [0.29, 0.717) is 8.60 Å². The summed E-state index contributed by atoms with van der Waals surface area (Å²) in [6, 6.07) is 0.